The van der Waals surface area contributed by atoms with Crippen LogP contribution >= 0.6 is 22.9 Å². The Balaban J connectivity index is 2.08. The van der Waals surface area contributed by atoms with Gasteiger partial charge < -0.3 is 14.6 Å². The van der Waals surface area contributed by atoms with Gasteiger partial charge in [0.25, 0.3) is 0 Å². The highest BCUT2D eigenvalue weighted by molar-refractivity contribution is 7.16. The van der Waals surface area contributed by atoms with E-state index in [2.05, 4.69) is 0 Å². The summed E-state index contributed by atoms with van der Waals surface area (Å²) in [6.45, 7) is 0.434. The van der Waals surface area contributed by atoms with Gasteiger partial charge in [-0.25, -0.2) is 0 Å². The van der Waals surface area contributed by atoms with E-state index in [1.54, 1.807) is 25.3 Å². The summed E-state index contributed by atoms with van der Waals surface area (Å²) in [6.07, 6.45) is 0. The SMILES string of the molecule is COc1cc(CO)ccc1OCc1ccc(Cl)s1. The van der Waals surface area contributed by atoms with Gasteiger partial charge in [-0.05, 0) is 29.8 Å². The molecule has 0 bridgehead atoms. The molecule has 0 aliphatic heterocycles. The molecule has 18 heavy (non-hydrogen) atoms. The van der Waals surface area contributed by atoms with Crippen LogP contribution in [0.5, 0.6) is 11.5 Å². The van der Waals surface area contributed by atoms with Crippen LogP contribution in [0.3, 0.4) is 0 Å². The second kappa shape index (κ2) is 6.09. The highest BCUT2D eigenvalue weighted by Gasteiger charge is 2.06. The lowest BCUT2D eigenvalue weighted by molar-refractivity contribution is 0.275. The Bertz CT molecular complexity index is 525. The maximum absolute atomic E-state index is 9.05. The van der Waals surface area contributed by atoms with E-state index in [4.69, 9.17) is 26.2 Å². The lowest BCUT2D eigenvalue weighted by Gasteiger charge is -2.10. The Morgan fingerprint density at radius 1 is 1.22 bits per heavy atom. The van der Waals surface area contributed by atoms with Crippen LogP contribution in [0.25, 0.3) is 0 Å². The Morgan fingerprint density at radius 3 is 2.67 bits per heavy atom. The van der Waals surface area contributed by atoms with Crippen molar-refractivity contribution in [3.8, 4) is 11.5 Å². The topological polar surface area (TPSA) is 38.7 Å². The second-order valence-corrected chi connectivity index (χ2v) is 5.44. The molecular weight excluding hydrogens is 272 g/mol. The molecule has 0 amide bonds. The largest absolute Gasteiger partial charge is 0.493 e. The Morgan fingerprint density at radius 2 is 2.06 bits per heavy atom. The number of ether oxygens (including phenoxy) is 2. The highest BCUT2D eigenvalue weighted by Crippen LogP contribution is 2.30. The molecule has 0 unspecified atom stereocenters. The van der Waals surface area contributed by atoms with E-state index in [9.17, 15) is 0 Å². The molecule has 0 fully saturated rings. The van der Waals surface area contributed by atoms with Gasteiger partial charge in [-0.3, -0.25) is 0 Å². The first kappa shape index (κ1) is 13.2. The van der Waals surface area contributed by atoms with E-state index >= 15 is 0 Å². The van der Waals surface area contributed by atoms with Crippen molar-refractivity contribution in [2.75, 3.05) is 7.11 Å². The molecule has 5 heteroatoms. The molecule has 1 aromatic carbocycles. The molecule has 0 saturated heterocycles. The number of rotatable bonds is 5. The van der Waals surface area contributed by atoms with Gasteiger partial charge >= 0.3 is 0 Å². The van der Waals surface area contributed by atoms with E-state index in [0.29, 0.717) is 18.1 Å². The molecule has 1 N–H and O–H groups in total. The van der Waals surface area contributed by atoms with Crippen molar-refractivity contribution in [2.45, 2.75) is 13.2 Å². The molecule has 0 spiro atoms. The summed E-state index contributed by atoms with van der Waals surface area (Å²) >= 11 is 7.34. The van der Waals surface area contributed by atoms with E-state index < -0.39 is 0 Å². The molecule has 2 aromatic rings. The Kier molecular flexibility index (Phi) is 4.47. The second-order valence-electron chi connectivity index (χ2n) is 3.64. The van der Waals surface area contributed by atoms with Gasteiger partial charge in [0.2, 0.25) is 0 Å². The van der Waals surface area contributed by atoms with Crippen LogP contribution in [0.2, 0.25) is 4.34 Å². The zero-order valence-corrected chi connectivity index (χ0v) is 11.4. The standard InChI is InChI=1S/C13H13ClO3S/c1-16-12-6-9(7-15)2-4-11(12)17-8-10-3-5-13(14)18-10/h2-6,15H,7-8H2,1H3. The minimum absolute atomic E-state index is 0.0167. The normalized spacial score (nSPS) is 10.4. The number of hydrogen-bond donors (Lipinski definition) is 1. The Hall–Kier alpha value is -1.23. The van der Waals surface area contributed by atoms with Gasteiger partial charge in [0, 0.05) is 4.88 Å². The van der Waals surface area contributed by atoms with Crippen LogP contribution in [0.4, 0.5) is 0 Å². The van der Waals surface area contributed by atoms with E-state index in [0.717, 1.165) is 14.8 Å². The van der Waals surface area contributed by atoms with Crippen molar-refractivity contribution >= 4 is 22.9 Å². The average Bonchev–Trinajstić information content (AvgIpc) is 2.82. The predicted octanol–water partition coefficient (Wildman–Crippen LogP) is 3.48. The summed E-state index contributed by atoms with van der Waals surface area (Å²) in [5, 5.41) is 9.05. The van der Waals surface area contributed by atoms with Gasteiger partial charge in [-0.2, -0.15) is 0 Å². The predicted molar refractivity (Wildman–Crippen MR) is 72.6 cm³/mol. The summed E-state index contributed by atoms with van der Waals surface area (Å²) in [4.78, 5) is 1.05. The summed E-state index contributed by atoms with van der Waals surface area (Å²) in [6, 6.07) is 9.13. The number of aliphatic hydroxyl groups is 1. The lowest BCUT2D eigenvalue weighted by Crippen LogP contribution is -1.97. The molecule has 3 nitrogen and oxygen atoms in total. The van der Waals surface area contributed by atoms with Gasteiger partial charge in [0.05, 0.1) is 18.1 Å². The highest BCUT2D eigenvalue weighted by atomic mass is 35.5. The van der Waals surface area contributed by atoms with Gasteiger partial charge in [0.1, 0.15) is 6.61 Å². The summed E-state index contributed by atoms with van der Waals surface area (Å²) < 4.78 is 11.6. The van der Waals surface area contributed by atoms with Crippen LogP contribution in [-0.4, -0.2) is 12.2 Å². The van der Waals surface area contributed by atoms with Crippen LogP contribution in [0, 0.1) is 0 Å². The van der Waals surface area contributed by atoms with Crippen LogP contribution in [-0.2, 0) is 13.2 Å². The fourth-order valence-electron chi connectivity index (χ4n) is 1.51. The fourth-order valence-corrected chi connectivity index (χ4v) is 2.51. The third-order valence-electron chi connectivity index (χ3n) is 2.41. The van der Waals surface area contributed by atoms with Crippen molar-refractivity contribution in [1.82, 2.24) is 0 Å². The van der Waals surface area contributed by atoms with Crippen LogP contribution in [0.1, 0.15) is 10.4 Å². The zero-order chi connectivity index (χ0) is 13.0. The van der Waals surface area contributed by atoms with Gasteiger partial charge in [-0.15, -0.1) is 11.3 Å². The molecule has 0 atom stereocenters. The molecule has 96 valence electrons. The maximum Gasteiger partial charge on any atom is 0.161 e. The molecular formula is C13H13ClO3S. The Labute approximate surface area is 115 Å². The zero-order valence-electron chi connectivity index (χ0n) is 9.85. The molecule has 1 aromatic heterocycles. The summed E-state index contributed by atoms with van der Waals surface area (Å²) in [7, 11) is 1.57. The van der Waals surface area contributed by atoms with Crippen molar-refractivity contribution in [3.05, 3.63) is 45.1 Å². The quantitative estimate of drug-likeness (QED) is 0.913. The number of methoxy groups -OCH3 is 1. The van der Waals surface area contributed by atoms with E-state index in [-0.39, 0.29) is 6.61 Å². The average molecular weight is 285 g/mol. The van der Waals surface area contributed by atoms with E-state index in [1.165, 1.54) is 11.3 Å². The number of thiophene rings is 1. The molecule has 0 saturated carbocycles. The summed E-state index contributed by atoms with van der Waals surface area (Å²) in [5.74, 6) is 1.27. The first-order chi connectivity index (χ1) is 8.72. The first-order valence-electron chi connectivity index (χ1n) is 5.37. The number of halogens is 1. The van der Waals surface area contributed by atoms with Crippen LogP contribution < -0.4 is 9.47 Å². The molecule has 1 heterocycles. The minimum atomic E-state index is -0.0167. The smallest absolute Gasteiger partial charge is 0.161 e. The van der Waals surface area contributed by atoms with Crippen molar-refractivity contribution in [3.63, 3.8) is 0 Å². The molecule has 0 aliphatic rings. The lowest BCUT2D eigenvalue weighted by atomic mass is 10.2. The van der Waals surface area contributed by atoms with E-state index in [1.807, 2.05) is 12.1 Å². The van der Waals surface area contributed by atoms with Crippen LogP contribution in [0.15, 0.2) is 30.3 Å². The first-order valence-corrected chi connectivity index (χ1v) is 6.57. The number of aliphatic hydroxyl groups excluding tert-OH is 1. The summed E-state index contributed by atoms with van der Waals surface area (Å²) in [5.41, 5.74) is 0.790. The number of benzene rings is 1. The van der Waals surface area contributed by atoms with Gasteiger partial charge in [-0.1, -0.05) is 17.7 Å². The maximum atomic E-state index is 9.05. The minimum Gasteiger partial charge on any atom is -0.493 e. The van der Waals surface area contributed by atoms with Crippen molar-refractivity contribution in [1.29, 1.82) is 0 Å². The molecule has 2 rings (SSSR count). The molecule has 0 aliphatic carbocycles. The van der Waals surface area contributed by atoms with Gasteiger partial charge in [0.15, 0.2) is 11.5 Å². The van der Waals surface area contributed by atoms with Crippen molar-refractivity contribution < 1.29 is 14.6 Å². The van der Waals surface area contributed by atoms with Crippen molar-refractivity contribution in [2.24, 2.45) is 0 Å². The molecule has 0 radical (unpaired) electrons. The third kappa shape index (κ3) is 3.16. The number of hydrogen-bond acceptors (Lipinski definition) is 4. The monoisotopic (exact) mass is 284 g/mol. The third-order valence-corrected chi connectivity index (χ3v) is 3.61. The fraction of sp³-hybridized carbons (Fsp3) is 0.231.